The van der Waals surface area contributed by atoms with Crippen molar-refractivity contribution in [2.24, 2.45) is 5.73 Å². The summed E-state index contributed by atoms with van der Waals surface area (Å²) in [5.74, 6) is -0.155. The average molecular weight is 264 g/mol. The van der Waals surface area contributed by atoms with Gasteiger partial charge in [-0.25, -0.2) is 4.39 Å². The number of benzene rings is 1. The van der Waals surface area contributed by atoms with Gasteiger partial charge in [0.2, 0.25) is 0 Å². The van der Waals surface area contributed by atoms with Crippen LogP contribution in [0.2, 0.25) is 0 Å². The third-order valence-corrected chi connectivity index (χ3v) is 2.62. The lowest BCUT2D eigenvalue weighted by Crippen LogP contribution is -2.13. The lowest BCUT2D eigenvalue weighted by molar-refractivity contribution is 0.181. The van der Waals surface area contributed by atoms with Crippen LogP contribution in [0.5, 0.6) is 5.75 Å². The van der Waals surface area contributed by atoms with E-state index in [2.05, 4.69) is 15.9 Å². The Balaban J connectivity index is 3.17. The zero-order chi connectivity index (χ0) is 10.7. The van der Waals surface area contributed by atoms with Crippen molar-refractivity contribution in [1.82, 2.24) is 0 Å². The molecule has 3 nitrogen and oxygen atoms in total. The Labute approximate surface area is 89.8 Å². The smallest absolute Gasteiger partial charge is 0.146 e. The zero-order valence-electron chi connectivity index (χ0n) is 7.63. The van der Waals surface area contributed by atoms with Crippen LogP contribution in [0.1, 0.15) is 11.7 Å². The van der Waals surface area contributed by atoms with Crippen LogP contribution in [-0.2, 0) is 0 Å². The molecule has 0 saturated heterocycles. The van der Waals surface area contributed by atoms with E-state index >= 15 is 0 Å². The monoisotopic (exact) mass is 263 g/mol. The molecule has 0 spiro atoms. The Kier molecular flexibility index (Phi) is 3.86. The maximum atomic E-state index is 13.5. The van der Waals surface area contributed by atoms with Crippen LogP contribution >= 0.6 is 15.9 Å². The SMILES string of the molecule is COc1ccc(C(O)CN)c(F)c1Br. The van der Waals surface area contributed by atoms with Crippen molar-refractivity contribution < 1.29 is 14.2 Å². The molecule has 1 unspecified atom stereocenters. The average Bonchev–Trinajstić information content (AvgIpc) is 2.21. The molecule has 0 fully saturated rings. The van der Waals surface area contributed by atoms with E-state index in [0.29, 0.717) is 5.75 Å². The minimum Gasteiger partial charge on any atom is -0.495 e. The summed E-state index contributed by atoms with van der Waals surface area (Å²) in [4.78, 5) is 0. The van der Waals surface area contributed by atoms with Crippen LogP contribution in [0.3, 0.4) is 0 Å². The van der Waals surface area contributed by atoms with Crippen LogP contribution in [0, 0.1) is 5.82 Å². The van der Waals surface area contributed by atoms with Gasteiger partial charge in [0.25, 0.3) is 0 Å². The highest BCUT2D eigenvalue weighted by molar-refractivity contribution is 9.10. The van der Waals surface area contributed by atoms with Gasteiger partial charge < -0.3 is 15.6 Å². The Hall–Kier alpha value is -0.650. The molecule has 0 aliphatic carbocycles. The molecule has 0 saturated carbocycles. The summed E-state index contributed by atoms with van der Waals surface area (Å²) >= 11 is 3.04. The Bertz CT molecular complexity index is 333. The van der Waals surface area contributed by atoms with Crippen molar-refractivity contribution >= 4 is 15.9 Å². The van der Waals surface area contributed by atoms with Crippen LogP contribution in [0.4, 0.5) is 4.39 Å². The summed E-state index contributed by atoms with van der Waals surface area (Å²) < 4.78 is 18.6. The first-order valence-corrected chi connectivity index (χ1v) is 4.81. The number of rotatable bonds is 3. The number of methoxy groups -OCH3 is 1. The molecule has 0 aliphatic rings. The molecule has 78 valence electrons. The number of ether oxygens (including phenoxy) is 1. The van der Waals surface area contributed by atoms with Crippen LogP contribution in [0.25, 0.3) is 0 Å². The third kappa shape index (κ3) is 2.05. The Morgan fingerprint density at radius 2 is 2.29 bits per heavy atom. The quantitative estimate of drug-likeness (QED) is 0.871. The van der Waals surface area contributed by atoms with E-state index in [9.17, 15) is 9.50 Å². The van der Waals surface area contributed by atoms with E-state index in [1.165, 1.54) is 13.2 Å². The van der Waals surface area contributed by atoms with Gasteiger partial charge in [0.05, 0.1) is 17.7 Å². The van der Waals surface area contributed by atoms with Gasteiger partial charge in [-0.2, -0.15) is 0 Å². The Morgan fingerprint density at radius 1 is 1.64 bits per heavy atom. The summed E-state index contributed by atoms with van der Waals surface area (Å²) in [5, 5.41) is 9.37. The summed E-state index contributed by atoms with van der Waals surface area (Å²) in [5.41, 5.74) is 5.40. The van der Waals surface area contributed by atoms with Crippen molar-refractivity contribution in [3.8, 4) is 5.75 Å². The van der Waals surface area contributed by atoms with Crippen LogP contribution < -0.4 is 10.5 Å². The van der Waals surface area contributed by atoms with Gasteiger partial charge in [-0.15, -0.1) is 0 Å². The van der Waals surface area contributed by atoms with Crippen LogP contribution in [-0.4, -0.2) is 18.8 Å². The molecule has 1 atom stereocenters. The highest BCUT2D eigenvalue weighted by Gasteiger charge is 2.16. The number of hydrogen-bond acceptors (Lipinski definition) is 3. The molecule has 0 heterocycles. The fourth-order valence-electron chi connectivity index (χ4n) is 1.09. The standard InChI is InChI=1S/C9H11BrFNO2/c1-14-7-3-2-5(6(13)4-12)9(11)8(7)10/h2-3,6,13H,4,12H2,1H3. The summed E-state index contributed by atoms with van der Waals surface area (Å²) in [6, 6.07) is 3.03. The molecule has 1 rings (SSSR count). The Morgan fingerprint density at radius 3 is 2.79 bits per heavy atom. The fraction of sp³-hybridized carbons (Fsp3) is 0.333. The fourth-order valence-corrected chi connectivity index (χ4v) is 1.61. The van der Waals surface area contributed by atoms with Crippen molar-refractivity contribution in [1.29, 1.82) is 0 Å². The number of aliphatic hydroxyl groups excluding tert-OH is 1. The van der Waals surface area contributed by atoms with Crippen molar-refractivity contribution in [3.63, 3.8) is 0 Å². The van der Waals surface area contributed by atoms with Gasteiger partial charge >= 0.3 is 0 Å². The molecule has 1 aromatic rings. The number of nitrogens with two attached hydrogens (primary N) is 1. The molecule has 3 N–H and O–H groups in total. The van der Waals surface area contributed by atoms with Gasteiger partial charge in [-0.05, 0) is 28.1 Å². The molecule has 5 heteroatoms. The normalized spacial score (nSPS) is 12.6. The van der Waals surface area contributed by atoms with Crippen molar-refractivity contribution in [2.45, 2.75) is 6.10 Å². The van der Waals surface area contributed by atoms with E-state index in [1.54, 1.807) is 6.07 Å². The minimum absolute atomic E-state index is 0.0182. The second-order valence-corrected chi connectivity index (χ2v) is 3.53. The molecular formula is C9H11BrFNO2. The van der Waals surface area contributed by atoms with Gasteiger partial charge in [-0.1, -0.05) is 0 Å². The lowest BCUT2D eigenvalue weighted by atomic mass is 10.1. The highest BCUT2D eigenvalue weighted by Crippen LogP contribution is 2.31. The second kappa shape index (κ2) is 4.72. The number of hydrogen-bond donors (Lipinski definition) is 2. The first-order chi connectivity index (χ1) is 6.61. The van der Waals surface area contributed by atoms with Gasteiger partial charge in [-0.3, -0.25) is 0 Å². The van der Waals surface area contributed by atoms with Crippen molar-refractivity contribution in [3.05, 3.63) is 28.0 Å². The molecule has 0 aliphatic heterocycles. The van der Waals surface area contributed by atoms with E-state index < -0.39 is 11.9 Å². The van der Waals surface area contributed by atoms with E-state index in [-0.39, 0.29) is 16.6 Å². The maximum absolute atomic E-state index is 13.5. The summed E-state index contributed by atoms with van der Waals surface area (Å²) in [6.07, 6.45) is -0.989. The van der Waals surface area contributed by atoms with Gasteiger partial charge in [0.1, 0.15) is 11.6 Å². The lowest BCUT2D eigenvalue weighted by Gasteiger charge is -2.12. The third-order valence-electron chi connectivity index (χ3n) is 1.88. The van der Waals surface area contributed by atoms with E-state index in [0.717, 1.165) is 0 Å². The number of halogens is 2. The number of aliphatic hydroxyl groups is 1. The molecule has 0 bridgehead atoms. The molecule has 0 radical (unpaired) electrons. The molecule has 0 amide bonds. The van der Waals surface area contributed by atoms with Gasteiger partial charge in [0.15, 0.2) is 0 Å². The first-order valence-electron chi connectivity index (χ1n) is 4.01. The topological polar surface area (TPSA) is 55.5 Å². The molecule has 1 aromatic carbocycles. The van der Waals surface area contributed by atoms with Gasteiger partial charge in [0, 0.05) is 12.1 Å². The largest absolute Gasteiger partial charge is 0.495 e. The second-order valence-electron chi connectivity index (χ2n) is 2.74. The van der Waals surface area contributed by atoms with E-state index in [1.807, 2.05) is 0 Å². The summed E-state index contributed by atoms with van der Waals surface area (Å²) in [6.45, 7) is -0.0182. The maximum Gasteiger partial charge on any atom is 0.146 e. The zero-order valence-corrected chi connectivity index (χ0v) is 9.21. The molecule has 0 aromatic heterocycles. The summed E-state index contributed by atoms with van der Waals surface area (Å²) in [7, 11) is 1.44. The predicted molar refractivity (Wildman–Crippen MR) is 54.7 cm³/mol. The molecule has 14 heavy (non-hydrogen) atoms. The van der Waals surface area contributed by atoms with Crippen LogP contribution in [0.15, 0.2) is 16.6 Å². The van der Waals surface area contributed by atoms with E-state index in [4.69, 9.17) is 10.5 Å². The van der Waals surface area contributed by atoms with Crippen molar-refractivity contribution in [2.75, 3.05) is 13.7 Å². The predicted octanol–water partition coefficient (Wildman–Crippen LogP) is 1.59. The highest BCUT2D eigenvalue weighted by atomic mass is 79.9. The molecular weight excluding hydrogens is 253 g/mol. The first kappa shape index (κ1) is 11.4. The minimum atomic E-state index is -0.989.